The van der Waals surface area contributed by atoms with Gasteiger partial charge in [-0.05, 0) is 51.3 Å². The summed E-state index contributed by atoms with van der Waals surface area (Å²) in [6.45, 7) is 9.76. The van der Waals surface area contributed by atoms with Gasteiger partial charge in [0.25, 0.3) is 0 Å². The molecule has 0 saturated carbocycles. The van der Waals surface area contributed by atoms with Crippen molar-refractivity contribution < 1.29 is 9.53 Å². The van der Waals surface area contributed by atoms with E-state index in [4.69, 9.17) is 10.5 Å². The molecule has 5 heteroatoms. The minimum absolute atomic E-state index is 0.243. The highest BCUT2D eigenvalue weighted by Gasteiger charge is 2.39. The van der Waals surface area contributed by atoms with Crippen LogP contribution in [0, 0.1) is 38.0 Å². The molecule has 0 aliphatic carbocycles. The number of nitrogens with zero attached hydrogens (tertiary/aromatic N) is 2. The number of esters is 1. The minimum atomic E-state index is -0.687. The van der Waals surface area contributed by atoms with Crippen LogP contribution in [0.1, 0.15) is 42.0 Å². The summed E-state index contributed by atoms with van der Waals surface area (Å²) >= 11 is 0. The third kappa shape index (κ3) is 3.05. The molecule has 0 saturated heterocycles. The molecule has 0 spiro atoms. The molecule has 2 rings (SSSR count). The van der Waals surface area contributed by atoms with E-state index in [0.29, 0.717) is 11.3 Å². The van der Waals surface area contributed by atoms with Crippen molar-refractivity contribution in [3.63, 3.8) is 0 Å². The summed E-state index contributed by atoms with van der Waals surface area (Å²) in [6, 6.07) is 6.33. The molecule has 0 aromatic heterocycles. The molecule has 1 unspecified atom stereocenters. The number of nitrogens with two attached hydrogens (primary N) is 1. The number of carbonyl (C=O) groups is 1. The van der Waals surface area contributed by atoms with Gasteiger partial charge in [0.15, 0.2) is 0 Å². The van der Waals surface area contributed by atoms with Crippen LogP contribution >= 0.6 is 0 Å². The van der Waals surface area contributed by atoms with Gasteiger partial charge in [-0.1, -0.05) is 17.7 Å². The second-order valence-corrected chi connectivity index (χ2v) is 6.15. The molecule has 24 heavy (non-hydrogen) atoms. The molecule has 5 nitrogen and oxygen atoms in total. The predicted molar refractivity (Wildman–Crippen MR) is 93.5 cm³/mol. The summed E-state index contributed by atoms with van der Waals surface area (Å²) in [7, 11) is 0. The van der Waals surface area contributed by atoms with Crippen molar-refractivity contribution in [1.29, 1.82) is 5.26 Å². The lowest BCUT2D eigenvalue weighted by molar-refractivity contribution is -0.139. The Balaban J connectivity index is 2.73. The number of nitriles is 1. The first-order valence-electron chi connectivity index (χ1n) is 8.01. The van der Waals surface area contributed by atoms with Crippen molar-refractivity contribution in [3.05, 3.63) is 45.7 Å². The Morgan fingerprint density at radius 1 is 1.29 bits per heavy atom. The lowest BCUT2D eigenvalue weighted by atomic mass is 9.74. The van der Waals surface area contributed by atoms with Crippen LogP contribution < -0.4 is 5.73 Å². The normalized spacial score (nSPS) is 20.4. The number of aryl methyl sites for hydroxylation is 3. The number of aliphatic imine (C=N–C) groups is 1. The van der Waals surface area contributed by atoms with Crippen LogP contribution in [0.5, 0.6) is 0 Å². The van der Waals surface area contributed by atoms with Crippen LogP contribution in [0.25, 0.3) is 0 Å². The fourth-order valence-corrected chi connectivity index (χ4v) is 3.50. The van der Waals surface area contributed by atoms with Gasteiger partial charge in [0.05, 0.1) is 23.9 Å². The van der Waals surface area contributed by atoms with Crippen LogP contribution in [0.2, 0.25) is 0 Å². The van der Waals surface area contributed by atoms with Gasteiger partial charge in [0, 0.05) is 5.92 Å². The third-order valence-corrected chi connectivity index (χ3v) is 4.33. The van der Waals surface area contributed by atoms with Gasteiger partial charge in [-0.25, -0.2) is 9.79 Å². The molecule has 1 aromatic rings. The smallest absolute Gasteiger partial charge is 0.336 e. The summed E-state index contributed by atoms with van der Waals surface area (Å²) in [4.78, 5) is 16.8. The summed E-state index contributed by atoms with van der Waals surface area (Å²) < 4.78 is 5.22. The molecule has 0 radical (unpaired) electrons. The average molecular weight is 325 g/mol. The molecular formula is C19H23N3O2. The van der Waals surface area contributed by atoms with Crippen LogP contribution in [0.3, 0.4) is 0 Å². The first kappa shape index (κ1) is 17.7. The van der Waals surface area contributed by atoms with Crippen LogP contribution in [-0.2, 0) is 9.53 Å². The fourth-order valence-electron chi connectivity index (χ4n) is 3.50. The summed E-state index contributed by atoms with van der Waals surface area (Å²) in [5.74, 6) is -1.34. The molecule has 126 valence electrons. The number of rotatable bonds is 3. The van der Waals surface area contributed by atoms with Gasteiger partial charge in [-0.2, -0.15) is 5.26 Å². The molecule has 0 fully saturated rings. The van der Waals surface area contributed by atoms with E-state index in [1.807, 2.05) is 20.8 Å². The van der Waals surface area contributed by atoms with Gasteiger partial charge in [-0.15, -0.1) is 0 Å². The van der Waals surface area contributed by atoms with E-state index in [0.717, 1.165) is 22.3 Å². The van der Waals surface area contributed by atoms with Crippen molar-refractivity contribution in [1.82, 2.24) is 0 Å². The largest absolute Gasteiger partial charge is 0.463 e. The van der Waals surface area contributed by atoms with Gasteiger partial charge in [0.1, 0.15) is 11.8 Å². The average Bonchev–Trinajstić information content (AvgIpc) is 2.46. The van der Waals surface area contributed by atoms with Crippen molar-refractivity contribution in [2.24, 2.45) is 16.6 Å². The van der Waals surface area contributed by atoms with Crippen molar-refractivity contribution in [3.8, 4) is 6.07 Å². The van der Waals surface area contributed by atoms with Crippen molar-refractivity contribution in [2.75, 3.05) is 6.61 Å². The van der Waals surface area contributed by atoms with Gasteiger partial charge < -0.3 is 10.5 Å². The molecule has 0 amide bonds. The number of ether oxygens (including phenoxy) is 1. The molecule has 2 atom stereocenters. The molecule has 2 N–H and O–H groups in total. The Morgan fingerprint density at radius 3 is 2.38 bits per heavy atom. The highest BCUT2D eigenvalue weighted by Crippen LogP contribution is 2.41. The van der Waals surface area contributed by atoms with E-state index in [1.165, 1.54) is 0 Å². The van der Waals surface area contributed by atoms with Gasteiger partial charge >= 0.3 is 5.97 Å². The molecule has 1 heterocycles. The van der Waals surface area contributed by atoms with E-state index < -0.39 is 17.8 Å². The Kier molecular flexibility index (Phi) is 5.08. The van der Waals surface area contributed by atoms with Gasteiger partial charge in [0.2, 0.25) is 0 Å². The zero-order valence-corrected chi connectivity index (χ0v) is 14.8. The topological polar surface area (TPSA) is 88.5 Å². The maximum Gasteiger partial charge on any atom is 0.336 e. The number of allylic oxidation sites excluding steroid dienone is 1. The van der Waals surface area contributed by atoms with Gasteiger partial charge in [-0.3, -0.25) is 0 Å². The number of hydrogen-bond donors (Lipinski definition) is 1. The highest BCUT2D eigenvalue weighted by molar-refractivity contribution is 5.98. The second-order valence-electron chi connectivity index (χ2n) is 6.15. The first-order chi connectivity index (χ1) is 11.3. The molecule has 1 aliphatic rings. The van der Waals surface area contributed by atoms with E-state index in [1.54, 1.807) is 13.8 Å². The number of hydrogen-bond acceptors (Lipinski definition) is 5. The summed E-state index contributed by atoms with van der Waals surface area (Å²) in [6.07, 6.45) is 0. The SMILES string of the molecule is CCOC(=O)C1=C(C)N=C(N)C(C#N)[C@@H]1c1c(C)cc(C)cc1C. The van der Waals surface area contributed by atoms with Crippen LogP contribution in [0.15, 0.2) is 28.4 Å². The Bertz CT molecular complexity index is 761. The lowest BCUT2D eigenvalue weighted by Gasteiger charge is -2.31. The van der Waals surface area contributed by atoms with E-state index in [9.17, 15) is 10.1 Å². The highest BCUT2D eigenvalue weighted by atomic mass is 16.5. The first-order valence-corrected chi connectivity index (χ1v) is 8.01. The molecule has 1 aromatic carbocycles. The van der Waals surface area contributed by atoms with E-state index >= 15 is 0 Å². The van der Waals surface area contributed by atoms with Crippen LogP contribution in [0.4, 0.5) is 0 Å². The number of amidine groups is 1. The maximum absolute atomic E-state index is 12.6. The predicted octanol–water partition coefficient (Wildman–Crippen LogP) is 3.04. The zero-order chi connectivity index (χ0) is 18.0. The Morgan fingerprint density at radius 2 is 1.88 bits per heavy atom. The molecule has 1 aliphatic heterocycles. The monoisotopic (exact) mass is 325 g/mol. The number of carbonyl (C=O) groups excluding carboxylic acids is 1. The quantitative estimate of drug-likeness (QED) is 0.865. The van der Waals surface area contributed by atoms with Crippen molar-refractivity contribution >= 4 is 11.8 Å². The van der Waals surface area contributed by atoms with E-state index in [-0.39, 0.29) is 12.4 Å². The zero-order valence-electron chi connectivity index (χ0n) is 14.8. The van der Waals surface area contributed by atoms with E-state index in [2.05, 4.69) is 23.2 Å². The standard InChI is InChI=1S/C19H23N3O2/c1-6-24-19(23)16-13(5)22-18(21)14(9-20)17(16)15-11(3)7-10(2)8-12(15)4/h7-8,14,17H,6H2,1-5H3,(H2,21,22)/t14?,17-/m1/s1. The molecule has 0 bridgehead atoms. The van der Waals surface area contributed by atoms with Crippen molar-refractivity contribution in [2.45, 2.75) is 40.5 Å². The molecular weight excluding hydrogens is 302 g/mol. The fraction of sp³-hybridized carbons (Fsp3) is 0.421. The Hall–Kier alpha value is -2.61. The van der Waals surface area contributed by atoms with Crippen LogP contribution in [-0.4, -0.2) is 18.4 Å². The number of benzene rings is 1. The Labute approximate surface area is 142 Å². The summed E-state index contributed by atoms with van der Waals surface area (Å²) in [5.41, 5.74) is 11.1. The lowest BCUT2D eigenvalue weighted by Crippen LogP contribution is -2.35. The minimum Gasteiger partial charge on any atom is -0.463 e. The third-order valence-electron chi connectivity index (χ3n) is 4.33. The summed E-state index contributed by atoms with van der Waals surface area (Å²) in [5, 5.41) is 9.66. The maximum atomic E-state index is 12.6. The second kappa shape index (κ2) is 6.88.